The number of hydrogen-bond acceptors (Lipinski definition) is 4. The molecule has 1 N–H and O–H groups in total. The van der Waals surface area contributed by atoms with Crippen LogP contribution < -0.4 is 4.74 Å². The fraction of sp³-hybridized carbons (Fsp3) is 0.500. The summed E-state index contributed by atoms with van der Waals surface area (Å²) in [4.78, 5) is 25.0. The quantitative estimate of drug-likeness (QED) is 0.858. The predicted molar refractivity (Wildman–Crippen MR) is 79.9 cm³/mol. The van der Waals surface area contributed by atoms with Crippen molar-refractivity contribution in [3.8, 4) is 5.75 Å². The van der Waals surface area contributed by atoms with Gasteiger partial charge in [-0.2, -0.15) is 0 Å². The molecule has 6 nitrogen and oxygen atoms in total. The van der Waals surface area contributed by atoms with Crippen molar-refractivity contribution >= 4 is 11.9 Å². The molecule has 0 radical (unpaired) electrons. The fourth-order valence-corrected chi connectivity index (χ4v) is 2.58. The van der Waals surface area contributed by atoms with Crippen molar-refractivity contribution in [3.05, 3.63) is 29.8 Å². The number of carbonyl (C=O) groups excluding carboxylic acids is 1. The van der Waals surface area contributed by atoms with E-state index in [2.05, 4.69) is 0 Å². The van der Waals surface area contributed by atoms with Crippen molar-refractivity contribution in [2.45, 2.75) is 25.3 Å². The maximum atomic E-state index is 12.5. The van der Waals surface area contributed by atoms with Crippen molar-refractivity contribution in [2.24, 2.45) is 0 Å². The van der Waals surface area contributed by atoms with Crippen LogP contribution in [0.3, 0.4) is 0 Å². The minimum atomic E-state index is -0.991. The van der Waals surface area contributed by atoms with E-state index in [9.17, 15) is 9.59 Å². The normalized spacial score (nSPS) is 15.3. The summed E-state index contributed by atoms with van der Waals surface area (Å²) in [5, 5.41) is 9.06. The van der Waals surface area contributed by atoms with Gasteiger partial charge in [0.15, 0.2) is 0 Å². The Labute approximate surface area is 129 Å². The lowest BCUT2D eigenvalue weighted by Gasteiger charge is -2.33. The van der Waals surface area contributed by atoms with Crippen LogP contribution in [0.1, 0.15) is 18.4 Å². The highest BCUT2D eigenvalue weighted by Gasteiger charge is 2.27. The Bertz CT molecular complexity index is 508. The van der Waals surface area contributed by atoms with Crippen LogP contribution in [0.2, 0.25) is 0 Å². The number of methoxy groups -OCH3 is 1. The second-order valence-electron chi connectivity index (χ2n) is 5.28. The molecule has 6 heteroatoms. The van der Waals surface area contributed by atoms with Gasteiger partial charge in [0, 0.05) is 19.3 Å². The zero-order valence-corrected chi connectivity index (χ0v) is 12.7. The maximum absolute atomic E-state index is 12.5. The van der Waals surface area contributed by atoms with Crippen LogP contribution in [0, 0.1) is 0 Å². The van der Waals surface area contributed by atoms with Crippen molar-refractivity contribution in [1.82, 2.24) is 4.90 Å². The van der Waals surface area contributed by atoms with Crippen molar-refractivity contribution in [3.63, 3.8) is 0 Å². The summed E-state index contributed by atoms with van der Waals surface area (Å²) < 4.78 is 10.4. The van der Waals surface area contributed by atoms with E-state index in [-0.39, 0.29) is 24.9 Å². The van der Waals surface area contributed by atoms with Crippen LogP contribution in [0.5, 0.6) is 5.75 Å². The van der Waals surface area contributed by atoms with E-state index in [1.54, 1.807) is 19.2 Å². The summed E-state index contributed by atoms with van der Waals surface area (Å²) in [6.07, 6.45) is 1.55. The molecule has 0 bridgehead atoms. The molecule has 0 saturated carbocycles. The lowest BCUT2D eigenvalue weighted by molar-refractivity contribution is -0.147. The van der Waals surface area contributed by atoms with Crippen LogP contribution in [0.15, 0.2) is 24.3 Å². The average molecular weight is 307 g/mol. The minimum Gasteiger partial charge on any atom is -0.497 e. The number of carboxylic acid groups (broad SMARTS) is 1. The third-order valence-corrected chi connectivity index (χ3v) is 3.77. The number of carbonyl (C=O) groups is 2. The van der Waals surface area contributed by atoms with E-state index in [1.807, 2.05) is 12.1 Å². The third kappa shape index (κ3) is 4.46. The van der Waals surface area contributed by atoms with Gasteiger partial charge in [-0.25, -0.2) is 0 Å². The van der Waals surface area contributed by atoms with Crippen molar-refractivity contribution < 1.29 is 24.2 Å². The summed E-state index contributed by atoms with van der Waals surface area (Å²) in [6.45, 7) is 0.868. The molecule has 0 atom stereocenters. The molecule has 1 heterocycles. The Balaban J connectivity index is 2.04. The van der Waals surface area contributed by atoms with Gasteiger partial charge >= 0.3 is 5.97 Å². The molecule has 1 aromatic rings. The summed E-state index contributed by atoms with van der Waals surface area (Å²) >= 11 is 0. The summed E-state index contributed by atoms with van der Waals surface area (Å²) in [6, 6.07) is 7.16. The van der Waals surface area contributed by atoms with Gasteiger partial charge in [-0.3, -0.25) is 9.59 Å². The molecule has 0 unspecified atom stereocenters. The molecule has 0 aromatic heterocycles. The molecule has 1 aliphatic rings. The Hall–Kier alpha value is -2.08. The first kappa shape index (κ1) is 16.3. The first-order valence-electron chi connectivity index (χ1n) is 7.32. The van der Waals surface area contributed by atoms with Gasteiger partial charge in [0.2, 0.25) is 5.91 Å². The SMILES string of the molecule is COc1ccc(CC(=O)N(CC(=O)O)C2CCOCC2)cc1. The molecule has 0 aliphatic carbocycles. The molecular weight excluding hydrogens is 286 g/mol. The molecule has 0 spiro atoms. The Kier molecular flexibility index (Phi) is 5.77. The van der Waals surface area contributed by atoms with Crippen LogP contribution in [0.4, 0.5) is 0 Å². The number of benzene rings is 1. The van der Waals surface area contributed by atoms with Gasteiger partial charge in [0.05, 0.1) is 13.5 Å². The van der Waals surface area contributed by atoms with E-state index >= 15 is 0 Å². The number of aliphatic carboxylic acids is 1. The highest BCUT2D eigenvalue weighted by Crippen LogP contribution is 2.17. The largest absolute Gasteiger partial charge is 0.497 e. The fourth-order valence-electron chi connectivity index (χ4n) is 2.58. The second kappa shape index (κ2) is 7.79. The van der Waals surface area contributed by atoms with Gasteiger partial charge < -0.3 is 19.5 Å². The van der Waals surface area contributed by atoms with Gasteiger partial charge in [-0.1, -0.05) is 12.1 Å². The smallest absolute Gasteiger partial charge is 0.323 e. The average Bonchev–Trinajstić information content (AvgIpc) is 2.54. The summed E-state index contributed by atoms with van der Waals surface area (Å²) in [5.74, 6) is -0.433. The Morgan fingerprint density at radius 3 is 2.45 bits per heavy atom. The number of rotatable bonds is 6. The summed E-state index contributed by atoms with van der Waals surface area (Å²) in [5.41, 5.74) is 0.841. The lowest BCUT2D eigenvalue weighted by atomic mass is 10.0. The zero-order valence-electron chi connectivity index (χ0n) is 12.7. The highest BCUT2D eigenvalue weighted by atomic mass is 16.5. The third-order valence-electron chi connectivity index (χ3n) is 3.77. The van der Waals surface area contributed by atoms with E-state index in [0.717, 1.165) is 11.3 Å². The number of nitrogens with zero attached hydrogens (tertiary/aromatic N) is 1. The number of amides is 1. The minimum absolute atomic E-state index is 0.0596. The molecule has 1 fully saturated rings. The van der Waals surface area contributed by atoms with Gasteiger partial charge in [0.1, 0.15) is 12.3 Å². The first-order valence-corrected chi connectivity index (χ1v) is 7.32. The van der Waals surface area contributed by atoms with Gasteiger partial charge in [0.25, 0.3) is 0 Å². The number of ether oxygens (including phenoxy) is 2. The Morgan fingerprint density at radius 2 is 1.91 bits per heavy atom. The maximum Gasteiger partial charge on any atom is 0.323 e. The van der Waals surface area contributed by atoms with Gasteiger partial charge in [-0.15, -0.1) is 0 Å². The summed E-state index contributed by atoms with van der Waals surface area (Å²) in [7, 11) is 1.58. The predicted octanol–water partition coefficient (Wildman–Crippen LogP) is 1.33. The second-order valence-corrected chi connectivity index (χ2v) is 5.28. The molecular formula is C16H21NO5. The highest BCUT2D eigenvalue weighted by molar-refractivity contribution is 5.83. The first-order chi connectivity index (χ1) is 10.6. The standard InChI is InChI=1S/C16H21NO5/c1-21-14-4-2-12(3-5-14)10-15(18)17(11-16(19)20)13-6-8-22-9-7-13/h2-5,13H,6-11H2,1H3,(H,19,20). The van der Waals surface area contributed by atoms with Crippen LogP contribution in [0.25, 0.3) is 0 Å². The topological polar surface area (TPSA) is 76.1 Å². The molecule has 120 valence electrons. The number of hydrogen-bond donors (Lipinski definition) is 1. The molecule has 1 aromatic carbocycles. The molecule has 1 aliphatic heterocycles. The molecule has 1 amide bonds. The van der Waals surface area contributed by atoms with Crippen molar-refractivity contribution in [2.75, 3.05) is 26.9 Å². The van der Waals surface area contributed by atoms with E-state index < -0.39 is 5.97 Å². The lowest BCUT2D eigenvalue weighted by Crippen LogP contribution is -2.46. The van der Waals surface area contributed by atoms with E-state index in [1.165, 1.54) is 4.90 Å². The monoisotopic (exact) mass is 307 g/mol. The van der Waals surface area contributed by atoms with Crippen molar-refractivity contribution in [1.29, 1.82) is 0 Å². The molecule has 22 heavy (non-hydrogen) atoms. The van der Waals surface area contributed by atoms with Crippen LogP contribution in [-0.4, -0.2) is 54.8 Å². The molecule has 2 rings (SSSR count). The van der Waals surface area contributed by atoms with Crippen LogP contribution >= 0.6 is 0 Å². The van der Waals surface area contributed by atoms with E-state index in [4.69, 9.17) is 14.6 Å². The van der Waals surface area contributed by atoms with Crippen LogP contribution in [-0.2, 0) is 20.7 Å². The number of carboxylic acids is 1. The molecule has 1 saturated heterocycles. The zero-order chi connectivity index (χ0) is 15.9. The van der Waals surface area contributed by atoms with Gasteiger partial charge in [-0.05, 0) is 30.5 Å². The Morgan fingerprint density at radius 1 is 1.27 bits per heavy atom. The van der Waals surface area contributed by atoms with E-state index in [0.29, 0.717) is 26.1 Å².